The molecule has 0 unspecified atom stereocenters. The normalized spacial score (nSPS) is 22.5. The maximum absolute atomic E-state index is 13.8. The molecule has 2 saturated heterocycles. The second-order valence-corrected chi connectivity index (χ2v) is 5.94. The molecule has 1 spiro atoms. The van der Waals surface area contributed by atoms with Gasteiger partial charge in [-0.25, -0.2) is 4.39 Å². The molecule has 0 radical (unpaired) electrons. The summed E-state index contributed by atoms with van der Waals surface area (Å²) in [6.45, 7) is 6.05. The summed E-state index contributed by atoms with van der Waals surface area (Å²) < 4.78 is 13.8. The minimum absolute atomic E-state index is 0.100. The molecule has 3 nitrogen and oxygen atoms in total. The van der Waals surface area contributed by atoms with E-state index in [0.29, 0.717) is 5.41 Å². The van der Waals surface area contributed by atoms with E-state index in [1.54, 1.807) is 12.1 Å². The van der Waals surface area contributed by atoms with Crippen molar-refractivity contribution < 1.29 is 4.39 Å². The number of nitrogens with two attached hydrogens (primary N) is 1. The standard InChI is InChI=1S/C15H22FN3/c16-13-3-1-2-4-14(13)19-8-5-15(6-9-19)11-18(12-15)10-7-17/h1-4H,5-12,17H2. The Morgan fingerprint density at radius 2 is 1.84 bits per heavy atom. The molecule has 0 bridgehead atoms. The van der Waals surface area contributed by atoms with Crippen LogP contribution in [0.4, 0.5) is 10.1 Å². The van der Waals surface area contributed by atoms with Crippen molar-refractivity contribution in [3.63, 3.8) is 0 Å². The van der Waals surface area contributed by atoms with Crippen molar-refractivity contribution in [2.24, 2.45) is 11.1 Å². The molecule has 19 heavy (non-hydrogen) atoms. The summed E-state index contributed by atoms with van der Waals surface area (Å²) in [4.78, 5) is 4.62. The molecule has 0 aromatic heterocycles. The molecule has 0 amide bonds. The minimum atomic E-state index is -0.100. The van der Waals surface area contributed by atoms with Crippen LogP contribution in [0, 0.1) is 11.2 Å². The van der Waals surface area contributed by atoms with E-state index in [0.717, 1.165) is 31.9 Å². The SMILES string of the molecule is NCCN1CC2(CCN(c3ccccc3F)CC2)C1. The van der Waals surface area contributed by atoms with Gasteiger partial charge in [0.05, 0.1) is 5.69 Å². The van der Waals surface area contributed by atoms with Gasteiger partial charge in [-0.15, -0.1) is 0 Å². The van der Waals surface area contributed by atoms with Gasteiger partial charge in [-0.05, 0) is 30.4 Å². The van der Waals surface area contributed by atoms with Crippen LogP contribution in [0.25, 0.3) is 0 Å². The van der Waals surface area contributed by atoms with Crippen LogP contribution in [-0.4, -0.2) is 44.2 Å². The highest BCUT2D eigenvalue weighted by Crippen LogP contribution is 2.41. The number of halogens is 1. The number of benzene rings is 1. The van der Waals surface area contributed by atoms with Crippen molar-refractivity contribution >= 4 is 5.69 Å². The van der Waals surface area contributed by atoms with E-state index in [1.165, 1.54) is 25.9 Å². The van der Waals surface area contributed by atoms with E-state index >= 15 is 0 Å². The number of hydrogen-bond acceptors (Lipinski definition) is 3. The van der Waals surface area contributed by atoms with Crippen LogP contribution in [-0.2, 0) is 0 Å². The van der Waals surface area contributed by atoms with Crippen molar-refractivity contribution in [3.8, 4) is 0 Å². The first-order chi connectivity index (χ1) is 9.22. The summed E-state index contributed by atoms with van der Waals surface area (Å²) in [5.41, 5.74) is 6.82. The maximum atomic E-state index is 13.8. The van der Waals surface area contributed by atoms with Crippen molar-refractivity contribution in [1.82, 2.24) is 4.90 Å². The Morgan fingerprint density at radius 1 is 1.16 bits per heavy atom. The monoisotopic (exact) mass is 263 g/mol. The number of nitrogens with zero attached hydrogens (tertiary/aromatic N) is 2. The fourth-order valence-corrected chi connectivity index (χ4v) is 3.49. The van der Waals surface area contributed by atoms with E-state index in [-0.39, 0.29) is 5.82 Å². The molecule has 104 valence electrons. The largest absolute Gasteiger partial charge is 0.369 e. The molecule has 1 aromatic carbocycles. The smallest absolute Gasteiger partial charge is 0.146 e. The van der Waals surface area contributed by atoms with Gasteiger partial charge in [0.15, 0.2) is 0 Å². The predicted octanol–water partition coefficient (Wildman–Crippen LogP) is 1.69. The quantitative estimate of drug-likeness (QED) is 0.900. The van der Waals surface area contributed by atoms with Gasteiger partial charge < -0.3 is 15.5 Å². The van der Waals surface area contributed by atoms with Crippen LogP contribution in [0.15, 0.2) is 24.3 Å². The summed E-state index contributed by atoms with van der Waals surface area (Å²) in [6.07, 6.45) is 2.34. The summed E-state index contributed by atoms with van der Waals surface area (Å²) in [5.74, 6) is -0.100. The molecule has 3 rings (SSSR count). The number of para-hydroxylation sites is 1. The first-order valence-electron chi connectivity index (χ1n) is 7.14. The summed E-state index contributed by atoms with van der Waals surface area (Å²) in [7, 11) is 0. The molecule has 0 saturated carbocycles. The molecule has 2 N–H and O–H groups in total. The Bertz CT molecular complexity index is 433. The summed E-state index contributed by atoms with van der Waals surface area (Å²) in [5, 5.41) is 0. The second-order valence-electron chi connectivity index (χ2n) is 5.94. The first-order valence-corrected chi connectivity index (χ1v) is 7.14. The van der Waals surface area contributed by atoms with Gasteiger partial charge in [0, 0.05) is 39.3 Å². The lowest BCUT2D eigenvalue weighted by Gasteiger charge is -2.54. The number of piperidine rings is 1. The lowest BCUT2D eigenvalue weighted by atomic mass is 9.72. The van der Waals surface area contributed by atoms with Gasteiger partial charge in [0.25, 0.3) is 0 Å². The van der Waals surface area contributed by atoms with Crippen LogP contribution < -0.4 is 10.6 Å². The lowest BCUT2D eigenvalue weighted by Crippen LogP contribution is -2.61. The average Bonchev–Trinajstić information content (AvgIpc) is 2.39. The average molecular weight is 263 g/mol. The topological polar surface area (TPSA) is 32.5 Å². The third-order valence-corrected chi connectivity index (χ3v) is 4.58. The number of rotatable bonds is 3. The molecule has 2 fully saturated rings. The van der Waals surface area contributed by atoms with Gasteiger partial charge in [-0.2, -0.15) is 0 Å². The lowest BCUT2D eigenvalue weighted by molar-refractivity contribution is -0.0158. The molecule has 1 aromatic rings. The highest BCUT2D eigenvalue weighted by molar-refractivity contribution is 5.48. The minimum Gasteiger partial charge on any atom is -0.369 e. The first kappa shape index (κ1) is 12.9. The zero-order valence-electron chi connectivity index (χ0n) is 11.3. The second kappa shape index (κ2) is 5.10. The van der Waals surface area contributed by atoms with E-state index < -0.39 is 0 Å². The predicted molar refractivity (Wildman–Crippen MR) is 75.8 cm³/mol. The van der Waals surface area contributed by atoms with E-state index in [4.69, 9.17) is 5.73 Å². The molecule has 2 aliphatic rings. The third kappa shape index (κ3) is 2.47. The van der Waals surface area contributed by atoms with Gasteiger partial charge >= 0.3 is 0 Å². The number of hydrogen-bond donors (Lipinski definition) is 1. The van der Waals surface area contributed by atoms with Crippen molar-refractivity contribution in [1.29, 1.82) is 0 Å². The van der Waals surface area contributed by atoms with Crippen LogP contribution in [0.5, 0.6) is 0 Å². The maximum Gasteiger partial charge on any atom is 0.146 e. The van der Waals surface area contributed by atoms with Crippen LogP contribution in [0.2, 0.25) is 0 Å². The Morgan fingerprint density at radius 3 is 2.47 bits per heavy atom. The van der Waals surface area contributed by atoms with Crippen LogP contribution in [0.3, 0.4) is 0 Å². The zero-order valence-corrected chi connectivity index (χ0v) is 11.3. The Labute approximate surface area is 114 Å². The summed E-state index contributed by atoms with van der Waals surface area (Å²) in [6, 6.07) is 7.09. The molecule has 0 atom stereocenters. The van der Waals surface area contributed by atoms with Crippen molar-refractivity contribution in [3.05, 3.63) is 30.1 Å². The number of likely N-dealkylation sites (tertiary alicyclic amines) is 1. The Hall–Kier alpha value is -1.13. The summed E-state index contributed by atoms with van der Waals surface area (Å²) >= 11 is 0. The molecule has 2 aliphatic heterocycles. The van der Waals surface area contributed by atoms with Crippen molar-refractivity contribution in [2.75, 3.05) is 44.2 Å². The number of anilines is 1. The highest BCUT2D eigenvalue weighted by Gasteiger charge is 2.44. The fourth-order valence-electron chi connectivity index (χ4n) is 3.49. The highest BCUT2D eigenvalue weighted by atomic mass is 19.1. The van der Waals surface area contributed by atoms with Crippen LogP contribution >= 0.6 is 0 Å². The van der Waals surface area contributed by atoms with E-state index in [2.05, 4.69) is 9.80 Å². The fraction of sp³-hybridized carbons (Fsp3) is 0.600. The third-order valence-electron chi connectivity index (χ3n) is 4.58. The molecule has 0 aliphatic carbocycles. The van der Waals surface area contributed by atoms with Crippen LogP contribution in [0.1, 0.15) is 12.8 Å². The van der Waals surface area contributed by atoms with Crippen molar-refractivity contribution in [2.45, 2.75) is 12.8 Å². The van der Waals surface area contributed by atoms with Gasteiger partial charge in [0.2, 0.25) is 0 Å². The zero-order chi connectivity index (χ0) is 13.3. The van der Waals surface area contributed by atoms with E-state index in [9.17, 15) is 4.39 Å². The van der Waals surface area contributed by atoms with E-state index in [1.807, 2.05) is 12.1 Å². The van der Waals surface area contributed by atoms with Gasteiger partial charge in [-0.3, -0.25) is 0 Å². The Balaban J connectivity index is 1.58. The molecule has 4 heteroatoms. The van der Waals surface area contributed by atoms with Gasteiger partial charge in [0.1, 0.15) is 5.82 Å². The molecule has 2 heterocycles. The molecular formula is C15H22FN3. The van der Waals surface area contributed by atoms with Gasteiger partial charge in [-0.1, -0.05) is 12.1 Å². The molecular weight excluding hydrogens is 241 g/mol. The Kier molecular flexibility index (Phi) is 3.46.